The summed E-state index contributed by atoms with van der Waals surface area (Å²) in [6, 6.07) is 7.13. The van der Waals surface area contributed by atoms with Crippen molar-refractivity contribution in [1.82, 2.24) is 10.6 Å². The number of methoxy groups -OCH3 is 1. The van der Waals surface area contributed by atoms with E-state index in [0.29, 0.717) is 19.7 Å². The molecule has 5 nitrogen and oxygen atoms in total. The van der Waals surface area contributed by atoms with Crippen molar-refractivity contribution in [3.05, 3.63) is 24.3 Å². The molecule has 5 heteroatoms. The van der Waals surface area contributed by atoms with Crippen molar-refractivity contribution >= 4 is 6.03 Å². The molecule has 0 fully saturated rings. The van der Waals surface area contributed by atoms with Crippen molar-refractivity contribution in [1.29, 1.82) is 0 Å². The van der Waals surface area contributed by atoms with Gasteiger partial charge in [0.15, 0.2) is 0 Å². The van der Waals surface area contributed by atoms with Crippen molar-refractivity contribution in [3.8, 4) is 11.5 Å². The summed E-state index contributed by atoms with van der Waals surface area (Å²) in [4.78, 5) is 11.0. The van der Waals surface area contributed by atoms with Gasteiger partial charge < -0.3 is 20.1 Å². The zero-order chi connectivity index (χ0) is 12.5. The highest BCUT2D eigenvalue weighted by molar-refractivity contribution is 5.73. The van der Waals surface area contributed by atoms with E-state index >= 15 is 0 Å². The minimum Gasteiger partial charge on any atom is -0.497 e. The van der Waals surface area contributed by atoms with E-state index in [0.717, 1.165) is 11.5 Å². The maximum atomic E-state index is 11.0. The number of ether oxygens (including phenoxy) is 2. The molecule has 0 aliphatic carbocycles. The lowest BCUT2D eigenvalue weighted by Gasteiger charge is -2.08. The molecule has 0 aromatic heterocycles. The third kappa shape index (κ3) is 5.10. The number of carbonyl (C=O) groups excluding carboxylic acids is 1. The molecule has 1 aromatic carbocycles. The summed E-state index contributed by atoms with van der Waals surface area (Å²) >= 11 is 0. The van der Waals surface area contributed by atoms with Gasteiger partial charge in [0.1, 0.15) is 18.1 Å². The van der Waals surface area contributed by atoms with Crippen LogP contribution >= 0.6 is 0 Å². The maximum Gasteiger partial charge on any atom is 0.314 e. The third-order valence-corrected chi connectivity index (χ3v) is 2.05. The Labute approximate surface area is 101 Å². The fourth-order valence-electron chi connectivity index (χ4n) is 1.23. The van der Waals surface area contributed by atoms with E-state index in [-0.39, 0.29) is 6.03 Å². The topological polar surface area (TPSA) is 59.6 Å². The molecule has 2 N–H and O–H groups in total. The molecule has 0 saturated carbocycles. The quantitative estimate of drug-likeness (QED) is 0.736. The molecule has 1 aromatic rings. The van der Waals surface area contributed by atoms with E-state index in [9.17, 15) is 4.79 Å². The van der Waals surface area contributed by atoms with Crippen LogP contribution in [-0.4, -0.2) is 32.8 Å². The van der Waals surface area contributed by atoms with Gasteiger partial charge in [-0.25, -0.2) is 4.79 Å². The van der Waals surface area contributed by atoms with Crippen molar-refractivity contribution in [2.75, 3.05) is 26.8 Å². The van der Waals surface area contributed by atoms with Crippen molar-refractivity contribution < 1.29 is 14.3 Å². The summed E-state index contributed by atoms with van der Waals surface area (Å²) < 4.78 is 10.5. The van der Waals surface area contributed by atoms with Gasteiger partial charge in [0.25, 0.3) is 0 Å². The van der Waals surface area contributed by atoms with Crippen molar-refractivity contribution in [2.45, 2.75) is 6.92 Å². The summed E-state index contributed by atoms with van der Waals surface area (Å²) in [6.07, 6.45) is 0. The van der Waals surface area contributed by atoms with E-state index in [2.05, 4.69) is 10.6 Å². The predicted molar refractivity (Wildman–Crippen MR) is 65.6 cm³/mol. The molecule has 0 bridgehead atoms. The molecule has 0 heterocycles. The van der Waals surface area contributed by atoms with Crippen LogP contribution in [0, 0.1) is 0 Å². The molecule has 17 heavy (non-hydrogen) atoms. The van der Waals surface area contributed by atoms with Crippen LogP contribution in [0.1, 0.15) is 6.92 Å². The normalized spacial score (nSPS) is 9.53. The first kappa shape index (κ1) is 13.2. The van der Waals surface area contributed by atoms with E-state index in [1.54, 1.807) is 7.11 Å². The molecule has 94 valence electrons. The van der Waals surface area contributed by atoms with Gasteiger partial charge in [-0.05, 0) is 31.2 Å². The molecule has 0 aliphatic rings. The zero-order valence-corrected chi connectivity index (χ0v) is 10.2. The Balaban J connectivity index is 2.19. The van der Waals surface area contributed by atoms with Crippen LogP contribution in [0.15, 0.2) is 24.3 Å². The van der Waals surface area contributed by atoms with Crippen LogP contribution in [0.25, 0.3) is 0 Å². The average molecular weight is 238 g/mol. The predicted octanol–water partition coefficient (Wildman–Crippen LogP) is 1.39. The lowest BCUT2D eigenvalue weighted by molar-refractivity contribution is 0.237. The first-order valence-electron chi connectivity index (χ1n) is 5.54. The Morgan fingerprint density at radius 3 is 2.41 bits per heavy atom. The highest BCUT2D eigenvalue weighted by Crippen LogP contribution is 2.16. The van der Waals surface area contributed by atoms with Gasteiger partial charge in [0.2, 0.25) is 0 Å². The maximum absolute atomic E-state index is 11.0. The third-order valence-electron chi connectivity index (χ3n) is 2.05. The van der Waals surface area contributed by atoms with Gasteiger partial charge in [-0.3, -0.25) is 0 Å². The van der Waals surface area contributed by atoms with Crippen LogP contribution in [0.3, 0.4) is 0 Å². The SMILES string of the molecule is CCNC(=O)NCCOc1ccc(OC)cc1. The Morgan fingerprint density at radius 1 is 1.18 bits per heavy atom. The van der Waals surface area contributed by atoms with Gasteiger partial charge in [0, 0.05) is 6.54 Å². The molecular weight excluding hydrogens is 220 g/mol. The minimum absolute atomic E-state index is 0.175. The van der Waals surface area contributed by atoms with Crippen LogP contribution in [-0.2, 0) is 0 Å². The van der Waals surface area contributed by atoms with Gasteiger partial charge >= 0.3 is 6.03 Å². The molecule has 1 rings (SSSR count). The molecule has 0 atom stereocenters. The first-order chi connectivity index (χ1) is 8.26. The smallest absolute Gasteiger partial charge is 0.314 e. The number of amides is 2. The lowest BCUT2D eigenvalue weighted by atomic mass is 10.3. The highest BCUT2D eigenvalue weighted by atomic mass is 16.5. The van der Waals surface area contributed by atoms with Crippen LogP contribution in [0.4, 0.5) is 4.79 Å². The fourth-order valence-corrected chi connectivity index (χ4v) is 1.23. The van der Waals surface area contributed by atoms with Crippen LogP contribution in [0.2, 0.25) is 0 Å². The van der Waals surface area contributed by atoms with E-state index in [1.165, 1.54) is 0 Å². The molecular formula is C12H18N2O3. The van der Waals surface area contributed by atoms with Gasteiger partial charge in [-0.1, -0.05) is 0 Å². The molecule has 0 spiro atoms. The van der Waals surface area contributed by atoms with Gasteiger partial charge in [-0.15, -0.1) is 0 Å². The number of urea groups is 1. The summed E-state index contributed by atoms with van der Waals surface area (Å²) in [7, 11) is 1.62. The number of carbonyl (C=O) groups is 1. The summed E-state index contributed by atoms with van der Waals surface area (Å²) in [5.74, 6) is 1.54. The standard InChI is InChI=1S/C12H18N2O3/c1-3-13-12(15)14-8-9-17-11-6-4-10(16-2)5-7-11/h4-7H,3,8-9H2,1-2H3,(H2,13,14,15). The van der Waals surface area contributed by atoms with Gasteiger partial charge in [0.05, 0.1) is 13.7 Å². The lowest BCUT2D eigenvalue weighted by Crippen LogP contribution is -2.37. The van der Waals surface area contributed by atoms with E-state index in [1.807, 2.05) is 31.2 Å². The van der Waals surface area contributed by atoms with Crippen LogP contribution in [0.5, 0.6) is 11.5 Å². The second kappa shape index (κ2) is 7.38. The van der Waals surface area contributed by atoms with E-state index < -0.39 is 0 Å². The Bertz CT molecular complexity index is 338. The van der Waals surface area contributed by atoms with Gasteiger partial charge in [-0.2, -0.15) is 0 Å². The minimum atomic E-state index is -0.175. The second-order valence-electron chi connectivity index (χ2n) is 3.31. The Kier molecular flexibility index (Phi) is 5.71. The number of hydrogen-bond donors (Lipinski definition) is 2. The summed E-state index contributed by atoms with van der Waals surface area (Å²) in [5.41, 5.74) is 0. The number of nitrogens with one attached hydrogen (secondary N) is 2. The van der Waals surface area contributed by atoms with Crippen molar-refractivity contribution in [2.24, 2.45) is 0 Å². The van der Waals surface area contributed by atoms with Crippen LogP contribution < -0.4 is 20.1 Å². The second-order valence-corrected chi connectivity index (χ2v) is 3.31. The highest BCUT2D eigenvalue weighted by Gasteiger charge is 1.97. The monoisotopic (exact) mass is 238 g/mol. The summed E-state index contributed by atoms with van der Waals surface area (Å²) in [6.45, 7) is 3.39. The Hall–Kier alpha value is -1.91. The molecule has 0 saturated heterocycles. The molecule has 0 aliphatic heterocycles. The average Bonchev–Trinajstić information content (AvgIpc) is 2.36. The van der Waals surface area contributed by atoms with E-state index in [4.69, 9.17) is 9.47 Å². The number of hydrogen-bond acceptors (Lipinski definition) is 3. The number of benzene rings is 1. The molecule has 2 amide bonds. The molecule has 0 radical (unpaired) electrons. The largest absolute Gasteiger partial charge is 0.497 e. The summed E-state index contributed by atoms with van der Waals surface area (Å²) in [5, 5.41) is 5.31. The fraction of sp³-hybridized carbons (Fsp3) is 0.417. The zero-order valence-electron chi connectivity index (χ0n) is 10.2. The first-order valence-corrected chi connectivity index (χ1v) is 5.54. The van der Waals surface area contributed by atoms with Crippen molar-refractivity contribution in [3.63, 3.8) is 0 Å². The number of rotatable bonds is 6. The Morgan fingerprint density at radius 2 is 1.82 bits per heavy atom. The molecule has 0 unspecified atom stereocenters.